The van der Waals surface area contributed by atoms with Crippen LogP contribution >= 0.6 is 0 Å². The van der Waals surface area contributed by atoms with Crippen molar-refractivity contribution in [1.29, 1.82) is 0 Å². The molecule has 2 aliphatic rings. The van der Waals surface area contributed by atoms with E-state index in [0.717, 1.165) is 19.4 Å². The van der Waals surface area contributed by atoms with Gasteiger partial charge in [-0.1, -0.05) is 6.92 Å². The molecule has 106 valence electrons. The normalized spacial score (nSPS) is 37.8. The summed E-state index contributed by atoms with van der Waals surface area (Å²) < 4.78 is 0. The van der Waals surface area contributed by atoms with Gasteiger partial charge < -0.3 is 15.3 Å². The number of nitrogens with zero attached hydrogens (tertiary/aromatic N) is 2. The molecule has 1 saturated heterocycles. The quantitative estimate of drug-likeness (QED) is 0.751. The Hall–Kier alpha value is -0.160. The zero-order valence-electron chi connectivity index (χ0n) is 12.2. The van der Waals surface area contributed by atoms with Gasteiger partial charge in [0, 0.05) is 30.7 Å². The molecule has 0 radical (unpaired) electrons. The standard InChI is InChI=1S/C14H29N3O/c1-4-15-14(11-18)7-5-12(9-14)17-8-6-13(10-17)16(2)3/h12-13,15,18H,4-11H2,1-3H3. The molecule has 1 heterocycles. The van der Waals surface area contributed by atoms with E-state index in [1.165, 1.54) is 25.9 Å². The van der Waals surface area contributed by atoms with Gasteiger partial charge in [0.25, 0.3) is 0 Å². The largest absolute Gasteiger partial charge is 0.394 e. The summed E-state index contributed by atoms with van der Waals surface area (Å²) in [5.41, 5.74) is -0.00435. The first kappa shape index (κ1) is 14.3. The summed E-state index contributed by atoms with van der Waals surface area (Å²) in [5.74, 6) is 0. The summed E-state index contributed by atoms with van der Waals surface area (Å²) in [6.45, 7) is 5.78. The minimum absolute atomic E-state index is 0.00435. The van der Waals surface area contributed by atoms with Gasteiger partial charge in [-0.15, -0.1) is 0 Å². The first-order valence-electron chi connectivity index (χ1n) is 7.36. The number of rotatable bonds is 5. The predicted molar refractivity (Wildman–Crippen MR) is 74.8 cm³/mol. The van der Waals surface area contributed by atoms with Gasteiger partial charge in [0.2, 0.25) is 0 Å². The molecule has 2 rings (SSSR count). The van der Waals surface area contributed by atoms with Crippen molar-refractivity contribution in [2.24, 2.45) is 0 Å². The predicted octanol–water partition coefficient (Wildman–Crippen LogP) is 0.515. The van der Waals surface area contributed by atoms with Crippen molar-refractivity contribution in [1.82, 2.24) is 15.1 Å². The van der Waals surface area contributed by atoms with E-state index in [-0.39, 0.29) is 12.1 Å². The van der Waals surface area contributed by atoms with Crippen LogP contribution in [0.3, 0.4) is 0 Å². The summed E-state index contributed by atoms with van der Waals surface area (Å²) in [5, 5.41) is 13.2. The SMILES string of the molecule is CCNC1(CO)CCC(N2CCC(N(C)C)C2)C1. The number of aliphatic hydroxyl groups is 1. The molecule has 1 saturated carbocycles. The van der Waals surface area contributed by atoms with Gasteiger partial charge in [-0.2, -0.15) is 0 Å². The second kappa shape index (κ2) is 5.87. The Morgan fingerprint density at radius 3 is 2.72 bits per heavy atom. The van der Waals surface area contributed by atoms with Crippen molar-refractivity contribution in [3.8, 4) is 0 Å². The summed E-state index contributed by atoms with van der Waals surface area (Å²) in [4.78, 5) is 4.98. The number of aliphatic hydroxyl groups excluding tert-OH is 1. The van der Waals surface area contributed by atoms with E-state index in [9.17, 15) is 5.11 Å². The summed E-state index contributed by atoms with van der Waals surface area (Å²) in [7, 11) is 4.36. The molecule has 3 atom stereocenters. The molecule has 4 nitrogen and oxygen atoms in total. The van der Waals surface area contributed by atoms with E-state index < -0.39 is 0 Å². The number of hydrogen-bond donors (Lipinski definition) is 2. The van der Waals surface area contributed by atoms with Crippen LogP contribution in [0.1, 0.15) is 32.6 Å². The first-order chi connectivity index (χ1) is 8.60. The van der Waals surface area contributed by atoms with E-state index in [1.807, 2.05) is 0 Å². The Morgan fingerprint density at radius 1 is 1.39 bits per heavy atom. The maximum Gasteiger partial charge on any atom is 0.0613 e. The fourth-order valence-electron chi connectivity index (χ4n) is 3.67. The van der Waals surface area contributed by atoms with Gasteiger partial charge in [0.1, 0.15) is 0 Å². The third-order valence-corrected chi connectivity index (χ3v) is 4.88. The number of likely N-dealkylation sites (tertiary alicyclic amines) is 1. The maximum atomic E-state index is 9.66. The monoisotopic (exact) mass is 255 g/mol. The molecule has 3 unspecified atom stereocenters. The van der Waals surface area contributed by atoms with Gasteiger partial charge in [-0.25, -0.2) is 0 Å². The Labute approximate surface area is 111 Å². The van der Waals surface area contributed by atoms with Crippen LogP contribution < -0.4 is 5.32 Å². The van der Waals surface area contributed by atoms with Crippen LogP contribution in [-0.2, 0) is 0 Å². The fourth-order valence-corrected chi connectivity index (χ4v) is 3.67. The molecule has 2 fully saturated rings. The van der Waals surface area contributed by atoms with Crippen molar-refractivity contribution in [2.45, 2.75) is 50.2 Å². The van der Waals surface area contributed by atoms with E-state index in [4.69, 9.17) is 0 Å². The minimum atomic E-state index is -0.00435. The van der Waals surface area contributed by atoms with Crippen molar-refractivity contribution in [3.05, 3.63) is 0 Å². The molecule has 1 aliphatic heterocycles. The average Bonchev–Trinajstić information content (AvgIpc) is 2.95. The molecule has 4 heteroatoms. The van der Waals surface area contributed by atoms with Crippen LogP contribution in [0.2, 0.25) is 0 Å². The van der Waals surface area contributed by atoms with Crippen molar-refractivity contribution in [2.75, 3.05) is 40.3 Å². The highest BCUT2D eigenvalue weighted by Gasteiger charge is 2.41. The first-order valence-corrected chi connectivity index (χ1v) is 7.36. The number of nitrogens with one attached hydrogen (secondary N) is 1. The van der Waals surface area contributed by atoms with Crippen LogP contribution in [0, 0.1) is 0 Å². The van der Waals surface area contributed by atoms with Gasteiger partial charge in [0.05, 0.1) is 6.61 Å². The third-order valence-electron chi connectivity index (χ3n) is 4.88. The highest BCUT2D eigenvalue weighted by molar-refractivity contribution is 5.00. The van der Waals surface area contributed by atoms with Gasteiger partial charge in [-0.05, 0) is 46.3 Å². The highest BCUT2D eigenvalue weighted by atomic mass is 16.3. The van der Waals surface area contributed by atoms with Crippen molar-refractivity contribution in [3.63, 3.8) is 0 Å². The lowest BCUT2D eigenvalue weighted by molar-refractivity contribution is 0.149. The van der Waals surface area contributed by atoms with Crippen molar-refractivity contribution < 1.29 is 5.11 Å². The van der Waals surface area contributed by atoms with Gasteiger partial charge in [0.15, 0.2) is 0 Å². The Morgan fingerprint density at radius 2 is 2.17 bits per heavy atom. The van der Waals surface area contributed by atoms with Gasteiger partial charge >= 0.3 is 0 Å². The van der Waals surface area contributed by atoms with Crippen LogP contribution in [0.25, 0.3) is 0 Å². The lowest BCUT2D eigenvalue weighted by Gasteiger charge is -2.30. The molecule has 0 spiro atoms. The molecule has 2 N–H and O–H groups in total. The molecule has 0 aromatic heterocycles. The Bertz CT molecular complexity index is 272. The molecular weight excluding hydrogens is 226 g/mol. The zero-order valence-corrected chi connectivity index (χ0v) is 12.2. The zero-order chi connectivity index (χ0) is 13.2. The van der Waals surface area contributed by atoms with Crippen LogP contribution in [0.4, 0.5) is 0 Å². The smallest absolute Gasteiger partial charge is 0.0613 e. The molecule has 0 amide bonds. The van der Waals surface area contributed by atoms with Crippen LogP contribution in [0.5, 0.6) is 0 Å². The summed E-state index contributed by atoms with van der Waals surface area (Å²) >= 11 is 0. The molecular formula is C14H29N3O. The molecule has 18 heavy (non-hydrogen) atoms. The summed E-state index contributed by atoms with van der Waals surface area (Å²) in [6.07, 6.45) is 4.74. The fraction of sp³-hybridized carbons (Fsp3) is 1.00. The topological polar surface area (TPSA) is 38.7 Å². The Balaban J connectivity index is 1.89. The highest BCUT2D eigenvalue weighted by Crippen LogP contribution is 2.34. The van der Waals surface area contributed by atoms with E-state index in [2.05, 4.69) is 36.1 Å². The molecule has 0 bridgehead atoms. The van der Waals surface area contributed by atoms with Gasteiger partial charge in [-0.3, -0.25) is 4.90 Å². The van der Waals surface area contributed by atoms with Crippen LogP contribution in [0.15, 0.2) is 0 Å². The molecule has 1 aliphatic carbocycles. The molecule has 0 aromatic carbocycles. The van der Waals surface area contributed by atoms with E-state index in [0.29, 0.717) is 12.1 Å². The van der Waals surface area contributed by atoms with Crippen molar-refractivity contribution >= 4 is 0 Å². The average molecular weight is 255 g/mol. The second-order valence-corrected chi connectivity index (χ2v) is 6.27. The second-order valence-electron chi connectivity index (χ2n) is 6.27. The Kier molecular flexibility index (Phi) is 4.64. The molecule has 0 aromatic rings. The lowest BCUT2D eigenvalue weighted by Crippen LogP contribution is -2.48. The maximum absolute atomic E-state index is 9.66. The van der Waals surface area contributed by atoms with Crippen LogP contribution in [-0.4, -0.2) is 72.9 Å². The van der Waals surface area contributed by atoms with E-state index in [1.54, 1.807) is 0 Å². The number of hydrogen-bond acceptors (Lipinski definition) is 4. The summed E-state index contributed by atoms with van der Waals surface area (Å²) in [6, 6.07) is 1.38. The third kappa shape index (κ3) is 2.87. The lowest BCUT2D eigenvalue weighted by atomic mass is 9.98. The minimum Gasteiger partial charge on any atom is -0.394 e. The number of likely N-dealkylation sites (N-methyl/N-ethyl adjacent to an activating group) is 2. The van der Waals surface area contributed by atoms with E-state index >= 15 is 0 Å².